The van der Waals surface area contributed by atoms with Crippen LogP contribution in [0.2, 0.25) is 0 Å². The SMILES string of the molecule is CC1(COC(=O)CCNC(=O)c2cc(F)ccc2Br)COC1. The molecule has 5 nitrogen and oxygen atoms in total. The zero-order valence-electron chi connectivity index (χ0n) is 12.2. The van der Waals surface area contributed by atoms with Gasteiger partial charge in [-0.1, -0.05) is 6.92 Å². The fourth-order valence-corrected chi connectivity index (χ4v) is 2.33. The summed E-state index contributed by atoms with van der Waals surface area (Å²) in [5.41, 5.74) is 0.0956. The predicted octanol–water partition coefficient (Wildman–Crippen LogP) is 2.29. The summed E-state index contributed by atoms with van der Waals surface area (Å²) in [4.78, 5) is 23.5. The first kappa shape index (κ1) is 16.9. The van der Waals surface area contributed by atoms with Gasteiger partial charge < -0.3 is 14.8 Å². The van der Waals surface area contributed by atoms with E-state index in [1.54, 1.807) is 0 Å². The molecule has 0 unspecified atom stereocenters. The van der Waals surface area contributed by atoms with Gasteiger partial charge in [0.25, 0.3) is 5.91 Å². The van der Waals surface area contributed by atoms with Gasteiger partial charge in [0.05, 0.1) is 25.2 Å². The zero-order chi connectivity index (χ0) is 16.2. The topological polar surface area (TPSA) is 64.6 Å². The van der Waals surface area contributed by atoms with Gasteiger partial charge in [0, 0.05) is 16.4 Å². The Hall–Kier alpha value is -1.47. The molecule has 1 aromatic carbocycles. The van der Waals surface area contributed by atoms with E-state index in [-0.39, 0.29) is 29.9 Å². The number of nitrogens with one attached hydrogen (secondary N) is 1. The van der Waals surface area contributed by atoms with Gasteiger partial charge >= 0.3 is 5.97 Å². The Bertz CT molecular complexity index is 575. The van der Waals surface area contributed by atoms with Crippen LogP contribution in [-0.4, -0.2) is 38.2 Å². The average molecular weight is 374 g/mol. The lowest BCUT2D eigenvalue weighted by atomic mass is 9.90. The Balaban J connectivity index is 1.72. The predicted molar refractivity (Wildman–Crippen MR) is 80.9 cm³/mol. The molecule has 0 spiro atoms. The first-order chi connectivity index (χ1) is 10.4. The van der Waals surface area contributed by atoms with E-state index in [0.717, 1.165) is 6.07 Å². The maximum absolute atomic E-state index is 13.1. The Kier molecular flexibility index (Phi) is 5.52. The fourth-order valence-electron chi connectivity index (χ4n) is 1.91. The van der Waals surface area contributed by atoms with E-state index in [9.17, 15) is 14.0 Å². The van der Waals surface area contributed by atoms with Gasteiger partial charge in [0.2, 0.25) is 0 Å². The minimum atomic E-state index is -0.497. The van der Waals surface area contributed by atoms with Crippen LogP contribution in [0, 0.1) is 11.2 Å². The highest BCUT2D eigenvalue weighted by atomic mass is 79.9. The van der Waals surface area contributed by atoms with Crippen LogP contribution >= 0.6 is 15.9 Å². The highest BCUT2D eigenvalue weighted by Gasteiger charge is 2.34. The molecule has 1 saturated heterocycles. The second-order valence-electron chi connectivity index (χ2n) is 5.59. The second-order valence-corrected chi connectivity index (χ2v) is 6.45. The normalized spacial score (nSPS) is 15.8. The number of amides is 1. The van der Waals surface area contributed by atoms with Crippen LogP contribution in [0.3, 0.4) is 0 Å². The van der Waals surface area contributed by atoms with Gasteiger partial charge in [-0.05, 0) is 34.1 Å². The number of esters is 1. The van der Waals surface area contributed by atoms with Gasteiger partial charge in [-0.2, -0.15) is 0 Å². The highest BCUT2D eigenvalue weighted by Crippen LogP contribution is 2.26. The lowest BCUT2D eigenvalue weighted by Gasteiger charge is -2.37. The van der Waals surface area contributed by atoms with E-state index in [1.165, 1.54) is 12.1 Å². The van der Waals surface area contributed by atoms with Crippen molar-refractivity contribution in [3.05, 3.63) is 34.1 Å². The molecule has 2 rings (SSSR count). The van der Waals surface area contributed by atoms with E-state index in [4.69, 9.17) is 9.47 Å². The van der Waals surface area contributed by atoms with Crippen molar-refractivity contribution >= 4 is 27.8 Å². The van der Waals surface area contributed by atoms with Crippen molar-refractivity contribution in [2.24, 2.45) is 5.41 Å². The number of hydrogen-bond donors (Lipinski definition) is 1. The molecule has 1 fully saturated rings. The Labute approximate surface area is 136 Å². The second kappa shape index (κ2) is 7.19. The maximum atomic E-state index is 13.1. The fraction of sp³-hybridized carbons (Fsp3) is 0.467. The molecular weight excluding hydrogens is 357 g/mol. The summed E-state index contributed by atoms with van der Waals surface area (Å²) in [6.07, 6.45) is 0.0651. The number of carbonyl (C=O) groups is 2. The quantitative estimate of drug-likeness (QED) is 0.777. The van der Waals surface area contributed by atoms with Crippen molar-refractivity contribution in [2.45, 2.75) is 13.3 Å². The molecule has 0 radical (unpaired) electrons. The average Bonchev–Trinajstić information content (AvgIpc) is 2.45. The first-order valence-electron chi connectivity index (χ1n) is 6.86. The minimum absolute atomic E-state index is 0.0651. The standard InChI is InChI=1S/C15H17BrFNO4/c1-15(7-21-8-15)9-22-13(19)4-5-18-14(20)11-6-10(17)2-3-12(11)16/h2-3,6H,4-5,7-9H2,1H3,(H,18,20). The van der Waals surface area contributed by atoms with Crippen LogP contribution in [0.1, 0.15) is 23.7 Å². The lowest BCUT2D eigenvalue weighted by Crippen LogP contribution is -2.44. The first-order valence-corrected chi connectivity index (χ1v) is 7.66. The van der Waals surface area contributed by atoms with E-state index in [0.29, 0.717) is 24.3 Å². The summed E-state index contributed by atoms with van der Waals surface area (Å²) >= 11 is 3.18. The van der Waals surface area contributed by atoms with E-state index < -0.39 is 11.7 Å². The van der Waals surface area contributed by atoms with Crippen LogP contribution in [0.4, 0.5) is 4.39 Å². The molecule has 0 aromatic heterocycles. The summed E-state index contributed by atoms with van der Waals surface area (Å²) in [6.45, 7) is 3.60. The van der Waals surface area contributed by atoms with Gasteiger partial charge in [0.1, 0.15) is 12.4 Å². The van der Waals surface area contributed by atoms with Crippen LogP contribution in [0.15, 0.2) is 22.7 Å². The molecule has 1 aromatic rings. The molecule has 1 aliphatic rings. The molecule has 0 bridgehead atoms. The number of benzene rings is 1. The number of rotatable bonds is 6. The summed E-state index contributed by atoms with van der Waals surface area (Å²) in [6, 6.07) is 3.85. The Morgan fingerprint density at radius 1 is 1.45 bits per heavy atom. The lowest BCUT2D eigenvalue weighted by molar-refractivity contribution is -0.165. The zero-order valence-corrected chi connectivity index (χ0v) is 13.7. The van der Waals surface area contributed by atoms with Crippen molar-refractivity contribution < 1.29 is 23.5 Å². The number of ether oxygens (including phenoxy) is 2. The van der Waals surface area contributed by atoms with Crippen molar-refractivity contribution in [2.75, 3.05) is 26.4 Å². The molecule has 0 saturated carbocycles. The monoisotopic (exact) mass is 373 g/mol. The summed E-state index contributed by atoms with van der Waals surface area (Å²) < 4.78 is 23.8. The Morgan fingerprint density at radius 3 is 2.82 bits per heavy atom. The molecule has 1 amide bonds. The van der Waals surface area contributed by atoms with Gasteiger partial charge in [-0.25, -0.2) is 4.39 Å². The van der Waals surface area contributed by atoms with Crippen molar-refractivity contribution in [3.63, 3.8) is 0 Å². The number of hydrogen-bond acceptors (Lipinski definition) is 4. The van der Waals surface area contributed by atoms with E-state index >= 15 is 0 Å². The van der Waals surface area contributed by atoms with E-state index in [1.807, 2.05) is 6.92 Å². The summed E-state index contributed by atoms with van der Waals surface area (Å²) in [5.74, 6) is -1.33. The largest absolute Gasteiger partial charge is 0.465 e. The van der Waals surface area contributed by atoms with Gasteiger partial charge in [-0.15, -0.1) is 0 Å². The Morgan fingerprint density at radius 2 is 2.18 bits per heavy atom. The third-order valence-corrected chi connectivity index (χ3v) is 3.96. The van der Waals surface area contributed by atoms with Crippen LogP contribution in [-0.2, 0) is 14.3 Å². The molecule has 22 heavy (non-hydrogen) atoms. The highest BCUT2D eigenvalue weighted by molar-refractivity contribution is 9.10. The minimum Gasteiger partial charge on any atom is -0.465 e. The van der Waals surface area contributed by atoms with Gasteiger partial charge in [-0.3, -0.25) is 9.59 Å². The van der Waals surface area contributed by atoms with Crippen molar-refractivity contribution in [1.29, 1.82) is 0 Å². The molecule has 1 N–H and O–H groups in total. The van der Waals surface area contributed by atoms with Crippen molar-refractivity contribution in [3.8, 4) is 0 Å². The molecule has 7 heteroatoms. The maximum Gasteiger partial charge on any atom is 0.307 e. The molecule has 0 aliphatic carbocycles. The van der Waals surface area contributed by atoms with Crippen molar-refractivity contribution in [1.82, 2.24) is 5.32 Å². The smallest absolute Gasteiger partial charge is 0.307 e. The molecular formula is C15H17BrFNO4. The van der Waals surface area contributed by atoms with Crippen LogP contribution < -0.4 is 5.32 Å². The van der Waals surface area contributed by atoms with Gasteiger partial charge in [0.15, 0.2) is 0 Å². The molecule has 1 heterocycles. The summed E-state index contributed by atoms with van der Waals surface area (Å²) in [5, 5.41) is 2.56. The van der Waals surface area contributed by atoms with Crippen LogP contribution in [0.5, 0.6) is 0 Å². The molecule has 1 aliphatic heterocycles. The number of carbonyl (C=O) groups excluding carboxylic acids is 2. The summed E-state index contributed by atoms with van der Waals surface area (Å²) in [7, 11) is 0. The third kappa shape index (κ3) is 4.51. The molecule has 120 valence electrons. The number of halogens is 2. The molecule has 0 atom stereocenters. The van der Waals surface area contributed by atoms with Crippen LogP contribution in [0.25, 0.3) is 0 Å². The third-order valence-electron chi connectivity index (χ3n) is 3.27. The van der Waals surface area contributed by atoms with E-state index in [2.05, 4.69) is 21.2 Å².